The number of fused-ring (bicyclic) bond motifs is 4. The lowest BCUT2D eigenvalue weighted by Crippen LogP contribution is -2.41. The number of aryl methyl sites for hydroxylation is 1. The summed E-state index contributed by atoms with van der Waals surface area (Å²) < 4.78 is 0. The SMILES string of the molecule is Cc1cc2c(cc1O)N=C[C@@H]1CC3C=CC=CC3N1C2=O. The molecule has 2 aliphatic heterocycles. The van der Waals surface area contributed by atoms with Gasteiger partial charge in [-0.1, -0.05) is 24.3 Å². The Morgan fingerprint density at radius 2 is 2.10 bits per heavy atom. The average Bonchev–Trinajstić information content (AvgIpc) is 2.80. The second kappa shape index (κ2) is 4.32. The van der Waals surface area contributed by atoms with Gasteiger partial charge in [0.15, 0.2) is 0 Å². The highest BCUT2D eigenvalue weighted by atomic mass is 16.3. The van der Waals surface area contributed by atoms with Crippen molar-refractivity contribution >= 4 is 17.8 Å². The molecule has 0 spiro atoms. The van der Waals surface area contributed by atoms with Crippen LogP contribution in [0.3, 0.4) is 0 Å². The molecule has 3 aliphatic rings. The molecule has 0 saturated carbocycles. The molecule has 4 rings (SSSR count). The summed E-state index contributed by atoms with van der Waals surface area (Å²) >= 11 is 0. The molecule has 1 aromatic carbocycles. The number of allylic oxidation sites excluding steroid dienone is 2. The van der Waals surface area contributed by atoms with E-state index in [0.29, 0.717) is 22.7 Å². The van der Waals surface area contributed by atoms with E-state index in [4.69, 9.17) is 0 Å². The Morgan fingerprint density at radius 1 is 1.29 bits per heavy atom. The van der Waals surface area contributed by atoms with Crippen LogP contribution in [0.4, 0.5) is 5.69 Å². The fraction of sp³-hybridized carbons (Fsp3) is 0.294. The van der Waals surface area contributed by atoms with Gasteiger partial charge in [0.1, 0.15) is 5.75 Å². The van der Waals surface area contributed by atoms with Gasteiger partial charge in [-0.3, -0.25) is 9.79 Å². The molecule has 106 valence electrons. The smallest absolute Gasteiger partial charge is 0.257 e. The lowest BCUT2D eigenvalue weighted by molar-refractivity contribution is 0.0734. The monoisotopic (exact) mass is 280 g/mol. The molecular formula is C17H16N2O2. The molecule has 0 bridgehead atoms. The van der Waals surface area contributed by atoms with E-state index in [-0.39, 0.29) is 23.7 Å². The molecular weight excluding hydrogens is 264 g/mol. The van der Waals surface area contributed by atoms with Crippen LogP contribution in [-0.4, -0.2) is 34.2 Å². The number of hydrogen-bond acceptors (Lipinski definition) is 3. The summed E-state index contributed by atoms with van der Waals surface area (Å²) in [7, 11) is 0. The van der Waals surface area contributed by atoms with Crippen molar-refractivity contribution in [2.75, 3.05) is 0 Å². The first kappa shape index (κ1) is 12.4. The number of benzene rings is 1. The summed E-state index contributed by atoms with van der Waals surface area (Å²) in [6, 6.07) is 3.45. The molecule has 3 atom stereocenters. The predicted molar refractivity (Wildman–Crippen MR) is 81.1 cm³/mol. The van der Waals surface area contributed by atoms with Gasteiger partial charge < -0.3 is 10.0 Å². The minimum atomic E-state index is 0.00282. The molecule has 1 amide bonds. The van der Waals surface area contributed by atoms with Gasteiger partial charge in [-0.2, -0.15) is 0 Å². The molecule has 0 radical (unpaired) electrons. The maximum Gasteiger partial charge on any atom is 0.257 e. The number of rotatable bonds is 0. The first-order chi connectivity index (χ1) is 10.1. The van der Waals surface area contributed by atoms with E-state index in [1.54, 1.807) is 19.1 Å². The van der Waals surface area contributed by atoms with Gasteiger partial charge in [-0.05, 0) is 25.0 Å². The summed E-state index contributed by atoms with van der Waals surface area (Å²) in [5.41, 5.74) is 1.84. The van der Waals surface area contributed by atoms with Crippen molar-refractivity contribution in [2.45, 2.75) is 25.4 Å². The van der Waals surface area contributed by atoms with Crippen LogP contribution >= 0.6 is 0 Å². The Morgan fingerprint density at radius 3 is 2.95 bits per heavy atom. The van der Waals surface area contributed by atoms with Gasteiger partial charge in [0.05, 0.1) is 23.3 Å². The lowest BCUT2D eigenvalue weighted by Gasteiger charge is -2.28. The zero-order chi connectivity index (χ0) is 14.6. The van der Waals surface area contributed by atoms with Crippen LogP contribution in [0.15, 0.2) is 41.4 Å². The van der Waals surface area contributed by atoms with Crippen LogP contribution in [0, 0.1) is 12.8 Å². The van der Waals surface area contributed by atoms with Crippen molar-refractivity contribution < 1.29 is 9.90 Å². The summed E-state index contributed by atoms with van der Waals surface area (Å²) in [6.07, 6.45) is 11.1. The summed E-state index contributed by atoms with van der Waals surface area (Å²) in [5.74, 6) is 0.553. The highest BCUT2D eigenvalue weighted by Gasteiger charge is 2.43. The van der Waals surface area contributed by atoms with Gasteiger partial charge in [-0.25, -0.2) is 0 Å². The molecule has 2 unspecified atom stereocenters. The minimum Gasteiger partial charge on any atom is -0.508 e. The van der Waals surface area contributed by atoms with E-state index in [9.17, 15) is 9.90 Å². The summed E-state index contributed by atoms with van der Waals surface area (Å²) in [4.78, 5) is 19.3. The van der Waals surface area contributed by atoms with Crippen LogP contribution < -0.4 is 0 Å². The Bertz CT molecular complexity index is 718. The van der Waals surface area contributed by atoms with Crippen molar-refractivity contribution in [2.24, 2.45) is 10.9 Å². The van der Waals surface area contributed by atoms with Crippen LogP contribution in [0.2, 0.25) is 0 Å². The number of phenolic OH excluding ortho intramolecular Hbond substituents is 1. The fourth-order valence-corrected chi connectivity index (χ4v) is 3.46. The van der Waals surface area contributed by atoms with Gasteiger partial charge in [0, 0.05) is 18.2 Å². The van der Waals surface area contributed by atoms with Crippen molar-refractivity contribution in [3.63, 3.8) is 0 Å². The van der Waals surface area contributed by atoms with E-state index in [0.717, 1.165) is 6.42 Å². The van der Waals surface area contributed by atoms with Crippen LogP contribution in [-0.2, 0) is 0 Å². The summed E-state index contributed by atoms with van der Waals surface area (Å²) in [5, 5.41) is 9.82. The van der Waals surface area contributed by atoms with Gasteiger partial charge >= 0.3 is 0 Å². The maximum absolute atomic E-state index is 12.9. The van der Waals surface area contributed by atoms with Crippen molar-refractivity contribution in [3.05, 3.63) is 47.6 Å². The Labute approximate surface area is 123 Å². The Balaban J connectivity index is 1.83. The van der Waals surface area contributed by atoms with E-state index < -0.39 is 0 Å². The molecule has 1 N–H and O–H groups in total. The van der Waals surface area contributed by atoms with Crippen LogP contribution in [0.5, 0.6) is 5.75 Å². The van der Waals surface area contributed by atoms with Gasteiger partial charge in [0.2, 0.25) is 0 Å². The topological polar surface area (TPSA) is 52.9 Å². The third-order valence-electron chi connectivity index (χ3n) is 4.57. The number of carbonyl (C=O) groups excluding carboxylic acids is 1. The van der Waals surface area contributed by atoms with Crippen LogP contribution in [0.25, 0.3) is 0 Å². The molecule has 4 heteroatoms. The Hall–Kier alpha value is -2.36. The molecule has 21 heavy (non-hydrogen) atoms. The zero-order valence-corrected chi connectivity index (χ0v) is 11.7. The largest absolute Gasteiger partial charge is 0.508 e. The number of aliphatic imine (C=N–C) groups is 1. The Kier molecular flexibility index (Phi) is 2.55. The number of carbonyl (C=O) groups is 1. The van der Waals surface area contributed by atoms with Crippen molar-refractivity contribution in [3.8, 4) is 5.75 Å². The van der Waals surface area contributed by atoms with Gasteiger partial charge in [0.25, 0.3) is 5.91 Å². The number of hydrogen-bond donors (Lipinski definition) is 1. The average molecular weight is 280 g/mol. The highest BCUT2D eigenvalue weighted by Crippen LogP contribution is 2.39. The third kappa shape index (κ3) is 1.75. The molecule has 1 saturated heterocycles. The van der Waals surface area contributed by atoms with E-state index >= 15 is 0 Å². The fourth-order valence-electron chi connectivity index (χ4n) is 3.46. The lowest BCUT2D eigenvalue weighted by atomic mass is 9.95. The normalized spacial score (nSPS) is 29.1. The molecule has 0 aromatic heterocycles. The summed E-state index contributed by atoms with van der Waals surface area (Å²) in [6.45, 7) is 1.80. The highest BCUT2D eigenvalue weighted by molar-refractivity contribution is 6.03. The quantitative estimate of drug-likeness (QED) is 0.794. The second-order valence-corrected chi connectivity index (χ2v) is 5.87. The minimum absolute atomic E-state index is 0.00282. The molecule has 1 aromatic rings. The molecule has 2 heterocycles. The molecule has 1 aliphatic carbocycles. The standard InChI is InChI=1S/C17H16N2O2/c1-10-6-13-14(8-16(10)20)18-9-12-7-11-4-2-3-5-15(11)19(12)17(13)21/h2-6,8-9,11-12,15,20H,7H2,1H3/t11?,12-,15?/m0/s1. The molecule has 4 nitrogen and oxygen atoms in total. The number of nitrogens with zero attached hydrogens (tertiary/aromatic N) is 2. The zero-order valence-electron chi connectivity index (χ0n) is 11.7. The van der Waals surface area contributed by atoms with Gasteiger partial charge in [-0.15, -0.1) is 0 Å². The van der Waals surface area contributed by atoms with Crippen molar-refractivity contribution in [1.29, 1.82) is 0 Å². The van der Waals surface area contributed by atoms with E-state index in [1.807, 2.05) is 23.3 Å². The first-order valence-corrected chi connectivity index (χ1v) is 7.20. The van der Waals surface area contributed by atoms with Crippen LogP contribution in [0.1, 0.15) is 22.3 Å². The van der Waals surface area contributed by atoms with E-state index in [2.05, 4.69) is 17.1 Å². The number of phenols is 1. The first-order valence-electron chi connectivity index (χ1n) is 7.20. The second-order valence-electron chi connectivity index (χ2n) is 5.87. The molecule has 1 fully saturated rings. The van der Waals surface area contributed by atoms with Crippen molar-refractivity contribution in [1.82, 2.24) is 4.90 Å². The number of aromatic hydroxyl groups is 1. The van der Waals surface area contributed by atoms with E-state index in [1.165, 1.54) is 0 Å². The maximum atomic E-state index is 12.9. The third-order valence-corrected chi connectivity index (χ3v) is 4.57. The number of amides is 1. The predicted octanol–water partition coefficient (Wildman–Crippen LogP) is 2.74.